The highest BCUT2D eigenvalue weighted by molar-refractivity contribution is 6.30. The van der Waals surface area contributed by atoms with Gasteiger partial charge in [-0.2, -0.15) is 5.10 Å². The fourth-order valence-electron chi connectivity index (χ4n) is 2.79. The van der Waals surface area contributed by atoms with E-state index in [9.17, 15) is 4.79 Å². The topological polar surface area (TPSA) is 59.5 Å². The molecule has 1 amide bonds. The summed E-state index contributed by atoms with van der Waals surface area (Å²) in [6, 6.07) is 22.1. The molecule has 2 heterocycles. The molecular weight excluding hydrogens is 374 g/mol. The number of nitrogens with one attached hydrogen (secondary N) is 1. The van der Waals surface area contributed by atoms with Gasteiger partial charge in [-0.25, -0.2) is 5.43 Å². The Bertz CT molecular complexity index is 1110. The van der Waals surface area contributed by atoms with E-state index in [1.807, 2.05) is 65.5 Å². The van der Waals surface area contributed by atoms with Crippen molar-refractivity contribution in [2.24, 2.45) is 5.10 Å². The molecule has 4 aromatic rings. The number of hydrogen-bond donors (Lipinski definition) is 1. The van der Waals surface area contributed by atoms with E-state index >= 15 is 0 Å². The second-order valence-corrected chi connectivity index (χ2v) is 6.45. The van der Waals surface area contributed by atoms with Gasteiger partial charge in [0.1, 0.15) is 11.5 Å². The number of amides is 1. The van der Waals surface area contributed by atoms with Gasteiger partial charge in [0.2, 0.25) is 0 Å². The molecule has 4 rings (SSSR count). The van der Waals surface area contributed by atoms with Crippen molar-refractivity contribution in [3.8, 4) is 17.0 Å². The number of rotatable bonds is 5. The van der Waals surface area contributed by atoms with Gasteiger partial charge in [-0.15, -0.1) is 0 Å². The fraction of sp³-hybridized carbons (Fsp3) is 0. The van der Waals surface area contributed by atoms with E-state index in [1.54, 1.807) is 24.3 Å². The molecule has 0 saturated carbocycles. The van der Waals surface area contributed by atoms with Crippen LogP contribution in [0.3, 0.4) is 0 Å². The minimum atomic E-state index is -0.301. The summed E-state index contributed by atoms with van der Waals surface area (Å²) < 4.78 is 7.61. The first-order valence-electron chi connectivity index (χ1n) is 8.62. The summed E-state index contributed by atoms with van der Waals surface area (Å²) in [5.74, 6) is 0.927. The van der Waals surface area contributed by atoms with Crippen LogP contribution in [0.15, 0.2) is 94.7 Å². The number of hydrazone groups is 1. The van der Waals surface area contributed by atoms with E-state index in [2.05, 4.69) is 10.5 Å². The molecule has 0 aliphatic heterocycles. The number of halogens is 1. The number of carbonyl (C=O) groups excluding carboxylic acids is 1. The molecule has 0 bridgehead atoms. The Morgan fingerprint density at radius 1 is 0.964 bits per heavy atom. The molecule has 2 aromatic heterocycles. The molecule has 0 radical (unpaired) electrons. The van der Waals surface area contributed by atoms with Gasteiger partial charge in [0.05, 0.1) is 17.5 Å². The molecule has 0 aliphatic carbocycles. The number of hydrogen-bond acceptors (Lipinski definition) is 3. The minimum Gasteiger partial charge on any atom is -0.455 e. The Hall–Kier alpha value is -3.57. The zero-order chi connectivity index (χ0) is 19.3. The Labute approximate surface area is 166 Å². The molecule has 138 valence electrons. The smallest absolute Gasteiger partial charge is 0.273 e. The molecule has 0 fully saturated rings. The van der Waals surface area contributed by atoms with E-state index in [4.69, 9.17) is 16.0 Å². The number of aromatic nitrogens is 1. The molecule has 1 N–H and O–H groups in total. The van der Waals surface area contributed by atoms with Crippen LogP contribution in [0.25, 0.3) is 17.0 Å². The normalized spacial score (nSPS) is 11.0. The monoisotopic (exact) mass is 389 g/mol. The lowest BCUT2D eigenvalue weighted by atomic mass is 10.1. The summed E-state index contributed by atoms with van der Waals surface area (Å²) >= 11 is 5.90. The van der Waals surface area contributed by atoms with Crippen LogP contribution in [0.2, 0.25) is 5.02 Å². The molecule has 28 heavy (non-hydrogen) atoms. The fourth-order valence-corrected chi connectivity index (χ4v) is 2.92. The molecule has 0 saturated heterocycles. The lowest BCUT2D eigenvalue weighted by Crippen LogP contribution is -2.19. The summed E-state index contributed by atoms with van der Waals surface area (Å²) in [5.41, 5.74) is 4.76. The third-order valence-electron chi connectivity index (χ3n) is 4.14. The standard InChI is InChI=1S/C22H16ClN3O2/c23-17-9-7-16(8-10-17)21-12-11-18(28-21)15-24-25-22(27)19-5-1-2-6-20(19)26-13-3-4-14-26/h1-15H,(H,25,27). The number of para-hydroxylation sites is 1. The summed E-state index contributed by atoms with van der Waals surface area (Å²) in [7, 11) is 0. The summed E-state index contributed by atoms with van der Waals surface area (Å²) in [4.78, 5) is 12.5. The first-order valence-corrected chi connectivity index (χ1v) is 9.00. The predicted octanol–water partition coefficient (Wildman–Crippen LogP) is 5.15. The largest absolute Gasteiger partial charge is 0.455 e. The lowest BCUT2D eigenvalue weighted by Gasteiger charge is -2.08. The van der Waals surface area contributed by atoms with Crippen molar-refractivity contribution < 1.29 is 9.21 Å². The maximum Gasteiger partial charge on any atom is 0.273 e. The van der Waals surface area contributed by atoms with Gasteiger partial charge in [0, 0.05) is 23.0 Å². The Kier molecular flexibility index (Phi) is 5.08. The van der Waals surface area contributed by atoms with Crippen LogP contribution in [-0.2, 0) is 0 Å². The van der Waals surface area contributed by atoms with Gasteiger partial charge in [-0.05, 0) is 60.7 Å². The van der Waals surface area contributed by atoms with E-state index in [0.717, 1.165) is 11.3 Å². The Morgan fingerprint density at radius 3 is 2.50 bits per heavy atom. The molecule has 0 aliphatic rings. The average molecular weight is 390 g/mol. The first-order chi connectivity index (χ1) is 13.7. The second kappa shape index (κ2) is 7.98. The van der Waals surface area contributed by atoms with Crippen LogP contribution in [-0.4, -0.2) is 16.7 Å². The van der Waals surface area contributed by atoms with Crippen LogP contribution in [0.1, 0.15) is 16.1 Å². The van der Waals surface area contributed by atoms with Crippen molar-refractivity contribution in [3.05, 3.63) is 102 Å². The number of nitrogens with zero attached hydrogens (tertiary/aromatic N) is 2. The molecule has 0 unspecified atom stereocenters. The third-order valence-corrected chi connectivity index (χ3v) is 4.40. The van der Waals surface area contributed by atoms with Crippen LogP contribution < -0.4 is 5.43 Å². The van der Waals surface area contributed by atoms with Crippen molar-refractivity contribution in [2.75, 3.05) is 0 Å². The van der Waals surface area contributed by atoms with Gasteiger partial charge < -0.3 is 8.98 Å². The zero-order valence-electron chi connectivity index (χ0n) is 14.7. The molecule has 2 aromatic carbocycles. The van der Waals surface area contributed by atoms with Gasteiger partial charge in [-0.3, -0.25) is 4.79 Å². The molecule has 0 atom stereocenters. The van der Waals surface area contributed by atoms with Crippen molar-refractivity contribution >= 4 is 23.7 Å². The van der Waals surface area contributed by atoms with Gasteiger partial charge >= 0.3 is 0 Å². The van der Waals surface area contributed by atoms with Crippen molar-refractivity contribution in [3.63, 3.8) is 0 Å². The minimum absolute atomic E-state index is 0.301. The Morgan fingerprint density at radius 2 is 1.71 bits per heavy atom. The van der Waals surface area contributed by atoms with E-state index < -0.39 is 0 Å². The first kappa shape index (κ1) is 17.8. The second-order valence-electron chi connectivity index (χ2n) is 6.02. The van der Waals surface area contributed by atoms with Crippen LogP contribution in [0, 0.1) is 0 Å². The SMILES string of the molecule is O=C(NN=Cc1ccc(-c2ccc(Cl)cc2)o1)c1ccccc1-n1cccc1. The van der Waals surface area contributed by atoms with Crippen molar-refractivity contribution in [1.82, 2.24) is 9.99 Å². The highest BCUT2D eigenvalue weighted by Gasteiger charge is 2.11. The number of benzene rings is 2. The number of furan rings is 1. The Balaban J connectivity index is 1.46. The van der Waals surface area contributed by atoms with E-state index in [1.165, 1.54) is 6.21 Å². The van der Waals surface area contributed by atoms with Gasteiger partial charge in [-0.1, -0.05) is 23.7 Å². The van der Waals surface area contributed by atoms with E-state index in [0.29, 0.717) is 22.1 Å². The van der Waals surface area contributed by atoms with Gasteiger partial charge in [0.15, 0.2) is 0 Å². The molecule has 0 spiro atoms. The average Bonchev–Trinajstić information content (AvgIpc) is 3.41. The molecule has 6 heteroatoms. The predicted molar refractivity (Wildman–Crippen MR) is 110 cm³/mol. The van der Waals surface area contributed by atoms with Crippen LogP contribution in [0.4, 0.5) is 0 Å². The lowest BCUT2D eigenvalue weighted by molar-refractivity contribution is 0.0955. The van der Waals surface area contributed by atoms with Crippen LogP contribution in [0.5, 0.6) is 0 Å². The third kappa shape index (κ3) is 3.89. The van der Waals surface area contributed by atoms with Crippen molar-refractivity contribution in [2.45, 2.75) is 0 Å². The number of carbonyl (C=O) groups is 1. The molecule has 5 nitrogen and oxygen atoms in total. The highest BCUT2D eigenvalue weighted by Crippen LogP contribution is 2.23. The van der Waals surface area contributed by atoms with Gasteiger partial charge in [0.25, 0.3) is 5.91 Å². The maximum absolute atomic E-state index is 12.5. The molecular formula is C22H16ClN3O2. The quantitative estimate of drug-likeness (QED) is 0.379. The summed E-state index contributed by atoms with van der Waals surface area (Å²) in [6.45, 7) is 0. The highest BCUT2D eigenvalue weighted by atomic mass is 35.5. The summed E-state index contributed by atoms with van der Waals surface area (Å²) in [6.07, 6.45) is 5.24. The van der Waals surface area contributed by atoms with E-state index in [-0.39, 0.29) is 5.91 Å². The zero-order valence-corrected chi connectivity index (χ0v) is 15.5. The van der Waals surface area contributed by atoms with Crippen LogP contribution >= 0.6 is 11.6 Å². The maximum atomic E-state index is 12.5. The summed E-state index contributed by atoms with van der Waals surface area (Å²) in [5, 5.41) is 4.68. The van der Waals surface area contributed by atoms with Crippen molar-refractivity contribution in [1.29, 1.82) is 0 Å².